The first-order chi connectivity index (χ1) is 9.93. The van der Waals surface area contributed by atoms with Crippen molar-refractivity contribution >= 4 is 17.5 Å². The third kappa shape index (κ3) is 2.02. The van der Waals surface area contributed by atoms with Gasteiger partial charge >= 0.3 is 0 Å². The summed E-state index contributed by atoms with van der Waals surface area (Å²) in [5.74, 6) is -0.259. The van der Waals surface area contributed by atoms with Gasteiger partial charge in [0.15, 0.2) is 11.5 Å². The highest BCUT2D eigenvalue weighted by Gasteiger charge is 2.47. The van der Waals surface area contributed by atoms with Crippen LogP contribution in [0.15, 0.2) is 4.79 Å². The fraction of sp³-hybridized carbons (Fsp3) is 0.600. The maximum atomic E-state index is 11.8. The molecule has 116 valence electrons. The molecular formula is C10H15N5O6. The lowest BCUT2D eigenvalue weighted by atomic mass is 10.2. The van der Waals surface area contributed by atoms with E-state index in [1.165, 1.54) is 0 Å². The van der Waals surface area contributed by atoms with Crippen molar-refractivity contribution in [2.24, 2.45) is 0 Å². The van der Waals surface area contributed by atoms with E-state index in [0.717, 1.165) is 4.90 Å². The predicted octanol–water partition coefficient (Wildman–Crippen LogP) is -2.89. The van der Waals surface area contributed by atoms with Gasteiger partial charge in [-0.15, -0.1) is 0 Å². The van der Waals surface area contributed by atoms with Crippen molar-refractivity contribution in [2.75, 3.05) is 22.3 Å². The van der Waals surface area contributed by atoms with Gasteiger partial charge in [-0.3, -0.25) is 19.9 Å². The van der Waals surface area contributed by atoms with Crippen molar-refractivity contribution in [1.29, 1.82) is 0 Å². The fourth-order valence-corrected chi connectivity index (χ4v) is 2.54. The van der Waals surface area contributed by atoms with Crippen LogP contribution in [0.3, 0.4) is 0 Å². The number of hydroxylamine groups is 1. The number of aromatic amines is 1. The van der Waals surface area contributed by atoms with Crippen molar-refractivity contribution in [3.05, 3.63) is 10.4 Å². The number of aliphatic hydroxyl groups is 3. The van der Waals surface area contributed by atoms with Gasteiger partial charge in [0.25, 0.3) is 5.56 Å². The second-order valence-corrected chi connectivity index (χ2v) is 4.84. The number of nitrogens with two attached hydrogens (primary N) is 1. The van der Waals surface area contributed by atoms with Gasteiger partial charge in [-0.2, -0.15) is 10.0 Å². The maximum absolute atomic E-state index is 11.8. The Morgan fingerprint density at radius 1 is 1.48 bits per heavy atom. The fourth-order valence-electron chi connectivity index (χ4n) is 2.54. The molecule has 1 saturated heterocycles. The lowest BCUT2D eigenvalue weighted by molar-refractivity contribution is -0.0379. The Balaban J connectivity index is 2.00. The highest BCUT2D eigenvalue weighted by atomic mass is 16.6. The molecule has 7 N–H and O–H groups in total. The minimum Gasteiger partial charge on any atom is -0.394 e. The number of anilines is 3. The number of nitrogens with one attached hydrogen (secondary N) is 1. The molecular weight excluding hydrogens is 286 g/mol. The Kier molecular flexibility index (Phi) is 3.22. The molecule has 21 heavy (non-hydrogen) atoms. The van der Waals surface area contributed by atoms with Gasteiger partial charge < -0.3 is 25.8 Å². The van der Waals surface area contributed by atoms with E-state index < -0.39 is 37.0 Å². The average molecular weight is 301 g/mol. The SMILES string of the molecule is Nc1nc2c(c(=O)[nH]1)N(O)C(O)N2[C@H]1C[C@H](O)[C@@H](CO)O1. The average Bonchev–Trinajstić information content (AvgIpc) is 2.89. The van der Waals surface area contributed by atoms with E-state index in [1.807, 2.05) is 0 Å². The number of fused-ring (bicyclic) bond motifs is 1. The molecule has 1 aromatic rings. The van der Waals surface area contributed by atoms with Crippen LogP contribution >= 0.6 is 0 Å². The van der Waals surface area contributed by atoms with Crippen LogP contribution in [-0.4, -0.2) is 61.9 Å². The van der Waals surface area contributed by atoms with Crippen LogP contribution in [0, 0.1) is 0 Å². The van der Waals surface area contributed by atoms with E-state index >= 15 is 0 Å². The number of nitrogens with zero attached hydrogens (tertiary/aromatic N) is 3. The Bertz CT molecular complexity index is 608. The summed E-state index contributed by atoms with van der Waals surface area (Å²) < 4.78 is 5.40. The molecule has 0 spiro atoms. The molecule has 4 atom stereocenters. The minimum absolute atomic E-state index is 0.0595. The normalized spacial score (nSPS) is 31.8. The number of hydrogen-bond acceptors (Lipinski definition) is 10. The van der Waals surface area contributed by atoms with Crippen LogP contribution in [0.4, 0.5) is 17.5 Å². The van der Waals surface area contributed by atoms with E-state index in [4.69, 9.17) is 15.6 Å². The number of hydrogen-bond donors (Lipinski definition) is 6. The van der Waals surface area contributed by atoms with E-state index in [1.54, 1.807) is 0 Å². The van der Waals surface area contributed by atoms with Gasteiger partial charge in [0.05, 0.1) is 12.7 Å². The third-order valence-electron chi connectivity index (χ3n) is 3.53. The topological polar surface area (TPSA) is 168 Å². The molecule has 0 aromatic carbocycles. The minimum atomic E-state index is -1.62. The lowest BCUT2D eigenvalue weighted by Crippen LogP contribution is -2.47. The Labute approximate surface area is 117 Å². The summed E-state index contributed by atoms with van der Waals surface area (Å²) in [6.45, 7) is -0.401. The molecule has 0 bridgehead atoms. The van der Waals surface area contributed by atoms with Crippen LogP contribution < -0.4 is 21.3 Å². The van der Waals surface area contributed by atoms with Crippen LogP contribution in [0.2, 0.25) is 0 Å². The highest BCUT2D eigenvalue weighted by Crippen LogP contribution is 2.38. The van der Waals surface area contributed by atoms with Crippen LogP contribution in [-0.2, 0) is 4.74 Å². The summed E-state index contributed by atoms with van der Waals surface area (Å²) in [6.07, 6.45) is -4.20. The molecule has 0 saturated carbocycles. The molecule has 2 aliphatic rings. The number of rotatable bonds is 2. The molecule has 2 aliphatic heterocycles. The number of aromatic nitrogens is 2. The standard InChI is InChI=1S/C10H15N5O6/c11-9-12-7-6(8(18)13-9)15(20)10(19)14(7)5-1-3(17)4(2-16)21-5/h3-5,10,16-17,19-20H,1-2H2,(H3,11,12,13,18)/t3-,4+,5+,10?/m0/s1. The smallest absolute Gasteiger partial charge is 0.280 e. The number of aliphatic hydroxyl groups excluding tert-OH is 3. The second-order valence-electron chi connectivity index (χ2n) is 4.84. The van der Waals surface area contributed by atoms with Gasteiger partial charge in [0.1, 0.15) is 12.3 Å². The summed E-state index contributed by atoms with van der Waals surface area (Å²) in [5.41, 5.74) is 4.46. The molecule has 3 heterocycles. The lowest BCUT2D eigenvalue weighted by Gasteiger charge is -2.29. The molecule has 0 aliphatic carbocycles. The monoisotopic (exact) mass is 301 g/mol. The van der Waals surface area contributed by atoms with Crippen molar-refractivity contribution in [3.63, 3.8) is 0 Å². The van der Waals surface area contributed by atoms with Gasteiger partial charge in [-0.05, 0) is 0 Å². The van der Waals surface area contributed by atoms with Crippen LogP contribution in [0.5, 0.6) is 0 Å². The summed E-state index contributed by atoms with van der Waals surface area (Å²) in [4.78, 5) is 19.0. The van der Waals surface area contributed by atoms with E-state index in [2.05, 4.69) is 9.97 Å². The zero-order chi connectivity index (χ0) is 15.3. The van der Waals surface area contributed by atoms with Crippen LogP contribution in [0.1, 0.15) is 6.42 Å². The number of nitrogen functional groups attached to an aromatic ring is 1. The Morgan fingerprint density at radius 2 is 2.19 bits per heavy atom. The van der Waals surface area contributed by atoms with Gasteiger partial charge in [-0.1, -0.05) is 0 Å². The summed E-state index contributed by atoms with van der Waals surface area (Å²) in [6, 6.07) is 0. The number of H-pyrrole nitrogens is 1. The van der Waals surface area contributed by atoms with E-state index in [9.17, 15) is 20.2 Å². The molecule has 0 radical (unpaired) electrons. The molecule has 1 aromatic heterocycles. The Hall–Kier alpha value is -1.92. The summed E-state index contributed by atoms with van der Waals surface area (Å²) in [7, 11) is 0. The van der Waals surface area contributed by atoms with Gasteiger partial charge in [-0.25, -0.2) is 0 Å². The second kappa shape index (κ2) is 4.82. The van der Waals surface area contributed by atoms with Crippen LogP contribution in [0.25, 0.3) is 0 Å². The first kappa shape index (κ1) is 14.0. The number of ether oxygens (including phenoxy) is 1. The van der Waals surface area contributed by atoms with Crippen molar-refractivity contribution in [1.82, 2.24) is 9.97 Å². The van der Waals surface area contributed by atoms with Crippen molar-refractivity contribution in [2.45, 2.75) is 31.2 Å². The molecule has 1 unspecified atom stereocenters. The molecule has 1 fully saturated rings. The zero-order valence-corrected chi connectivity index (χ0v) is 10.7. The first-order valence-electron chi connectivity index (χ1n) is 6.22. The van der Waals surface area contributed by atoms with Gasteiger partial charge in [0, 0.05) is 6.42 Å². The predicted molar refractivity (Wildman–Crippen MR) is 68.4 cm³/mol. The molecule has 11 nitrogen and oxygen atoms in total. The quantitative estimate of drug-likeness (QED) is 0.333. The van der Waals surface area contributed by atoms with Crippen molar-refractivity contribution in [3.8, 4) is 0 Å². The highest BCUT2D eigenvalue weighted by molar-refractivity contribution is 5.72. The zero-order valence-electron chi connectivity index (χ0n) is 10.7. The third-order valence-corrected chi connectivity index (χ3v) is 3.53. The summed E-state index contributed by atoms with van der Waals surface area (Å²) >= 11 is 0. The van der Waals surface area contributed by atoms with E-state index in [-0.39, 0.29) is 23.9 Å². The largest absolute Gasteiger partial charge is 0.394 e. The maximum Gasteiger partial charge on any atom is 0.280 e. The van der Waals surface area contributed by atoms with Gasteiger partial charge in [0.2, 0.25) is 12.3 Å². The molecule has 11 heteroatoms. The molecule has 0 amide bonds. The van der Waals surface area contributed by atoms with Crippen molar-refractivity contribution < 1.29 is 25.3 Å². The first-order valence-corrected chi connectivity index (χ1v) is 6.22. The Morgan fingerprint density at radius 3 is 2.81 bits per heavy atom. The molecule has 3 rings (SSSR count). The van der Waals surface area contributed by atoms with E-state index in [0.29, 0.717) is 5.06 Å². The summed E-state index contributed by atoms with van der Waals surface area (Å²) in [5, 5.41) is 39.0.